The van der Waals surface area contributed by atoms with Gasteiger partial charge in [0.1, 0.15) is 5.37 Å². The standard InChI is InChI=1S/C11H15ClN2O2S2/c1-18(15,16)10-7-17-6-5-14(10)11-8(12)3-2-4-9(11)13/h2-4,10H,5-7,13H2,1H3. The van der Waals surface area contributed by atoms with Crippen LogP contribution in [0.15, 0.2) is 18.2 Å². The van der Waals surface area contributed by atoms with Crippen LogP contribution in [-0.2, 0) is 9.84 Å². The Labute approximate surface area is 116 Å². The van der Waals surface area contributed by atoms with Crippen molar-refractivity contribution in [2.45, 2.75) is 5.37 Å². The third kappa shape index (κ3) is 2.70. The molecule has 2 N–H and O–H groups in total. The first-order chi connectivity index (χ1) is 8.41. The number of nitrogens with zero attached hydrogens (tertiary/aromatic N) is 1. The topological polar surface area (TPSA) is 63.4 Å². The van der Waals surface area contributed by atoms with Gasteiger partial charge in [0.2, 0.25) is 0 Å². The van der Waals surface area contributed by atoms with E-state index in [4.69, 9.17) is 17.3 Å². The molecule has 0 spiro atoms. The van der Waals surface area contributed by atoms with E-state index >= 15 is 0 Å². The number of nitrogens with two attached hydrogens (primary N) is 1. The van der Waals surface area contributed by atoms with Crippen molar-refractivity contribution < 1.29 is 8.42 Å². The number of rotatable bonds is 2. The summed E-state index contributed by atoms with van der Waals surface area (Å²) in [5.41, 5.74) is 7.08. The quantitative estimate of drug-likeness (QED) is 0.845. The van der Waals surface area contributed by atoms with Gasteiger partial charge in [-0.25, -0.2) is 8.42 Å². The minimum absolute atomic E-state index is 0.496. The molecular formula is C11H15ClN2O2S2. The van der Waals surface area contributed by atoms with Crippen molar-refractivity contribution in [3.05, 3.63) is 23.2 Å². The molecule has 1 fully saturated rings. The Bertz CT molecular complexity index is 528. The lowest BCUT2D eigenvalue weighted by molar-refractivity contribution is 0.584. The monoisotopic (exact) mass is 306 g/mol. The summed E-state index contributed by atoms with van der Waals surface area (Å²) in [7, 11) is -3.17. The molecule has 1 heterocycles. The first-order valence-corrected chi connectivity index (χ1v) is 8.97. The molecule has 0 aromatic heterocycles. The van der Waals surface area contributed by atoms with Crippen LogP contribution in [0.1, 0.15) is 0 Å². The molecule has 18 heavy (non-hydrogen) atoms. The zero-order valence-electron chi connectivity index (χ0n) is 9.97. The molecule has 1 aliphatic heterocycles. The van der Waals surface area contributed by atoms with Gasteiger partial charge in [-0.15, -0.1) is 0 Å². The van der Waals surface area contributed by atoms with Crippen LogP contribution >= 0.6 is 23.4 Å². The summed E-state index contributed by atoms with van der Waals surface area (Å²) in [5.74, 6) is 1.42. The van der Waals surface area contributed by atoms with E-state index < -0.39 is 15.2 Å². The number of sulfone groups is 1. The molecule has 2 rings (SSSR count). The number of thioether (sulfide) groups is 1. The molecule has 1 aromatic carbocycles. The Morgan fingerprint density at radius 3 is 2.83 bits per heavy atom. The number of hydrogen-bond acceptors (Lipinski definition) is 5. The minimum Gasteiger partial charge on any atom is -0.397 e. The Morgan fingerprint density at radius 1 is 1.50 bits per heavy atom. The van der Waals surface area contributed by atoms with Crippen LogP contribution in [0.25, 0.3) is 0 Å². The third-order valence-corrected chi connectivity index (χ3v) is 5.83. The second-order valence-electron chi connectivity index (χ2n) is 4.23. The second-order valence-corrected chi connectivity index (χ2v) is 7.99. The predicted molar refractivity (Wildman–Crippen MR) is 79.2 cm³/mol. The maximum atomic E-state index is 11.9. The fourth-order valence-electron chi connectivity index (χ4n) is 2.03. The fraction of sp³-hybridized carbons (Fsp3) is 0.455. The molecule has 1 atom stereocenters. The van der Waals surface area contributed by atoms with Crippen LogP contribution < -0.4 is 10.6 Å². The number of halogens is 1. The van der Waals surface area contributed by atoms with Crippen molar-refractivity contribution in [2.75, 3.05) is 34.9 Å². The van der Waals surface area contributed by atoms with Crippen molar-refractivity contribution in [1.29, 1.82) is 0 Å². The first-order valence-electron chi connectivity index (χ1n) is 5.48. The minimum atomic E-state index is -3.17. The number of nitrogen functional groups attached to an aromatic ring is 1. The number of hydrogen-bond donors (Lipinski definition) is 1. The highest BCUT2D eigenvalue weighted by molar-refractivity contribution is 8.01. The van der Waals surface area contributed by atoms with Crippen molar-refractivity contribution >= 4 is 44.6 Å². The molecule has 1 aromatic rings. The van der Waals surface area contributed by atoms with Crippen molar-refractivity contribution in [1.82, 2.24) is 0 Å². The van der Waals surface area contributed by atoms with Gasteiger partial charge in [0, 0.05) is 24.3 Å². The highest BCUT2D eigenvalue weighted by Gasteiger charge is 2.32. The summed E-state index contributed by atoms with van der Waals surface area (Å²) in [6.45, 7) is 0.635. The van der Waals surface area contributed by atoms with E-state index in [0.29, 0.717) is 28.7 Å². The Hall–Kier alpha value is -0.590. The van der Waals surface area contributed by atoms with Gasteiger partial charge in [0.25, 0.3) is 0 Å². The van der Waals surface area contributed by atoms with E-state index in [1.807, 2.05) is 4.90 Å². The predicted octanol–water partition coefficient (Wildman–Crippen LogP) is 1.85. The largest absolute Gasteiger partial charge is 0.397 e. The van der Waals surface area contributed by atoms with E-state index in [2.05, 4.69) is 0 Å². The molecule has 0 amide bonds. The van der Waals surface area contributed by atoms with Crippen molar-refractivity contribution in [2.24, 2.45) is 0 Å². The van der Waals surface area contributed by atoms with Gasteiger partial charge in [-0.05, 0) is 12.1 Å². The van der Waals surface area contributed by atoms with Gasteiger partial charge >= 0.3 is 0 Å². The maximum Gasteiger partial charge on any atom is 0.169 e. The van der Waals surface area contributed by atoms with Gasteiger partial charge in [-0.2, -0.15) is 11.8 Å². The molecule has 0 saturated carbocycles. The van der Waals surface area contributed by atoms with E-state index in [-0.39, 0.29) is 0 Å². The van der Waals surface area contributed by atoms with E-state index in [1.54, 1.807) is 30.0 Å². The van der Waals surface area contributed by atoms with Gasteiger partial charge < -0.3 is 10.6 Å². The lowest BCUT2D eigenvalue weighted by atomic mass is 10.2. The van der Waals surface area contributed by atoms with Crippen LogP contribution in [-0.4, -0.2) is 38.1 Å². The highest BCUT2D eigenvalue weighted by atomic mass is 35.5. The molecular weight excluding hydrogens is 292 g/mol. The summed E-state index contributed by atoms with van der Waals surface area (Å²) < 4.78 is 23.7. The normalized spacial score (nSPS) is 21.0. The van der Waals surface area contributed by atoms with E-state index in [9.17, 15) is 8.42 Å². The Morgan fingerprint density at radius 2 is 2.22 bits per heavy atom. The molecule has 0 aliphatic carbocycles. The van der Waals surface area contributed by atoms with Gasteiger partial charge in [0.15, 0.2) is 9.84 Å². The first kappa shape index (κ1) is 13.8. The average molecular weight is 307 g/mol. The van der Waals surface area contributed by atoms with Gasteiger partial charge in [0.05, 0.1) is 16.4 Å². The van der Waals surface area contributed by atoms with Gasteiger partial charge in [-0.1, -0.05) is 17.7 Å². The lowest BCUT2D eigenvalue weighted by Gasteiger charge is -2.36. The molecule has 4 nitrogen and oxygen atoms in total. The van der Waals surface area contributed by atoms with Gasteiger partial charge in [-0.3, -0.25) is 0 Å². The van der Waals surface area contributed by atoms with E-state index in [0.717, 1.165) is 5.75 Å². The fourth-order valence-corrected chi connectivity index (χ4v) is 5.14. The highest BCUT2D eigenvalue weighted by Crippen LogP contribution is 2.36. The third-order valence-electron chi connectivity index (χ3n) is 2.88. The summed E-state index contributed by atoms with van der Waals surface area (Å²) >= 11 is 7.79. The molecule has 7 heteroatoms. The van der Waals surface area contributed by atoms with Crippen LogP contribution in [0.5, 0.6) is 0 Å². The zero-order valence-corrected chi connectivity index (χ0v) is 12.4. The van der Waals surface area contributed by atoms with Crippen LogP contribution in [0.2, 0.25) is 5.02 Å². The number of anilines is 2. The van der Waals surface area contributed by atoms with Crippen LogP contribution in [0.4, 0.5) is 11.4 Å². The van der Waals surface area contributed by atoms with Crippen molar-refractivity contribution in [3.8, 4) is 0 Å². The second kappa shape index (κ2) is 5.19. The van der Waals surface area contributed by atoms with Crippen molar-refractivity contribution in [3.63, 3.8) is 0 Å². The SMILES string of the molecule is CS(=O)(=O)C1CSCCN1c1c(N)cccc1Cl. The molecule has 1 unspecified atom stereocenters. The van der Waals surface area contributed by atoms with Crippen LogP contribution in [0.3, 0.4) is 0 Å². The summed E-state index contributed by atoms with van der Waals surface area (Å²) in [5, 5.41) is -0.0611. The average Bonchev–Trinajstić information content (AvgIpc) is 2.28. The zero-order chi connectivity index (χ0) is 13.3. The molecule has 1 aliphatic rings. The summed E-state index contributed by atoms with van der Waals surface area (Å²) in [6.07, 6.45) is 1.25. The van der Waals surface area contributed by atoms with E-state index in [1.165, 1.54) is 6.26 Å². The molecule has 100 valence electrons. The summed E-state index contributed by atoms with van der Waals surface area (Å²) in [4.78, 5) is 1.81. The molecule has 0 radical (unpaired) electrons. The molecule has 1 saturated heterocycles. The number of benzene rings is 1. The number of para-hydroxylation sites is 1. The summed E-state index contributed by atoms with van der Waals surface area (Å²) in [6, 6.07) is 5.23. The smallest absolute Gasteiger partial charge is 0.169 e. The maximum absolute atomic E-state index is 11.9. The Kier molecular flexibility index (Phi) is 3.99. The Balaban J connectivity index is 2.47. The van der Waals surface area contributed by atoms with Crippen LogP contribution in [0, 0.1) is 0 Å². The lowest BCUT2D eigenvalue weighted by Crippen LogP contribution is -2.47. The molecule has 0 bridgehead atoms.